The highest BCUT2D eigenvalue weighted by molar-refractivity contribution is 5.95. The smallest absolute Gasteiger partial charge is 0.415 e. The molecule has 1 fully saturated rings. The first-order valence-corrected chi connectivity index (χ1v) is 5.77. The summed E-state index contributed by atoms with van der Waals surface area (Å²) in [5.74, 6) is -0.572. The van der Waals surface area contributed by atoms with Gasteiger partial charge in [0.2, 0.25) is 0 Å². The summed E-state index contributed by atoms with van der Waals surface area (Å²) in [6.45, 7) is 5.69. The van der Waals surface area contributed by atoms with Crippen LogP contribution in [0, 0.1) is 0 Å². The molecule has 1 aliphatic heterocycles. The van der Waals surface area contributed by atoms with Crippen molar-refractivity contribution in [3.8, 4) is 0 Å². The normalized spacial score (nSPS) is 19.2. The molecule has 18 heavy (non-hydrogen) atoms. The standard InChI is InChI=1S/C11H18N2O5/c1-11(2,3)18-9(15)12-6-4-5-7-8(14)17-10(16)13-7/h7H,4-6H2,1-3H3,(H,12,15)(H,13,16)/t7-/m1/s1. The molecule has 0 bridgehead atoms. The fraction of sp³-hybridized carbons (Fsp3) is 0.727. The Hall–Kier alpha value is -1.79. The number of carbonyl (C=O) groups excluding carboxylic acids is 3. The van der Waals surface area contributed by atoms with E-state index in [0.29, 0.717) is 19.4 Å². The lowest BCUT2D eigenvalue weighted by atomic mass is 10.1. The molecule has 1 heterocycles. The number of ether oxygens (including phenoxy) is 2. The Morgan fingerprint density at radius 1 is 1.44 bits per heavy atom. The molecule has 0 aromatic rings. The maximum atomic E-state index is 11.3. The van der Waals surface area contributed by atoms with Crippen molar-refractivity contribution in [2.45, 2.75) is 45.3 Å². The fourth-order valence-corrected chi connectivity index (χ4v) is 1.39. The predicted octanol–water partition coefficient (Wildman–Crippen LogP) is 0.926. The van der Waals surface area contributed by atoms with E-state index in [0.717, 1.165) is 0 Å². The van der Waals surface area contributed by atoms with Crippen LogP contribution in [0.25, 0.3) is 0 Å². The van der Waals surface area contributed by atoms with Gasteiger partial charge in [0, 0.05) is 6.54 Å². The van der Waals surface area contributed by atoms with Crippen LogP contribution in [0.15, 0.2) is 0 Å². The van der Waals surface area contributed by atoms with Crippen LogP contribution < -0.4 is 10.6 Å². The highest BCUT2D eigenvalue weighted by Crippen LogP contribution is 2.08. The molecule has 1 aliphatic rings. The van der Waals surface area contributed by atoms with E-state index in [2.05, 4.69) is 15.4 Å². The molecule has 0 aromatic carbocycles. The van der Waals surface area contributed by atoms with Crippen molar-refractivity contribution < 1.29 is 23.9 Å². The van der Waals surface area contributed by atoms with Gasteiger partial charge in [-0.05, 0) is 33.6 Å². The van der Waals surface area contributed by atoms with Crippen LogP contribution in [0.2, 0.25) is 0 Å². The van der Waals surface area contributed by atoms with E-state index in [1.54, 1.807) is 20.8 Å². The largest absolute Gasteiger partial charge is 0.444 e. The number of alkyl carbamates (subject to hydrolysis) is 2. The summed E-state index contributed by atoms with van der Waals surface area (Å²) in [6.07, 6.45) is -0.259. The summed E-state index contributed by atoms with van der Waals surface area (Å²) in [7, 11) is 0. The molecule has 0 radical (unpaired) electrons. The number of carbonyl (C=O) groups is 3. The Labute approximate surface area is 105 Å². The minimum atomic E-state index is -0.717. The van der Waals surface area contributed by atoms with E-state index < -0.39 is 29.8 Å². The molecule has 1 rings (SSSR count). The molecule has 0 saturated carbocycles. The highest BCUT2D eigenvalue weighted by Gasteiger charge is 2.31. The minimum Gasteiger partial charge on any atom is -0.444 e. The summed E-state index contributed by atoms with van der Waals surface area (Å²) < 4.78 is 9.35. The first kappa shape index (κ1) is 14.3. The van der Waals surface area contributed by atoms with Crippen molar-refractivity contribution in [1.82, 2.24) is 10.6 Å². The average Bonchev–Trinajstić information content (AvgIpc) is 2.49. The van der Waals surface area contributed by atoms with Gasteiger partial charge in [0.15, 0.2) is 0 Å². The molecule has 102 valence electrons. The van der Waals surface area contributed by atoms with Crippen LogP contribution in [0.3, 0.4) is 0 Å². The van der Waals surface area contributed by atoms with Crippen LogP contribution in [0.1, 0.15) is 33.6 Å². The van der Waals surface area contributed by atoms with Crippen LogP contribution in [0.5, 0.6) is 0 Å². The fourth-order valence-electron chi connectivity index (χ4n) is 1.39. The van der Waals surface area contributed by atoms with Crippen molar-refractivity contribution in [2.24, 2.45) is 0 Å². The van der Waals surface area contributed by atoms with Crippen molar-refractivity contribution >= 4 is 18.2 Å². The molecule has 7 nitrogen and oxygen atoms in total. The first-order valence-electron chi connectivity index (χ1n) is 5.77. The van der Waals surface area contributed by atoms with E-state index in [4.69, 9.17) is 4.74 Å². The zero-order chi connectivity index (χ0) is 13.8. The van der Waals surface area contributed by atoms with Crippen molar-refractivity contribution in [2.75, 3.05) is 6.54 Å². The van der Waals surface area contributed by atoms with E-state index in [1.165, 1.54) is 0 Å². The first-order chi connectivity index (χ1) is 8.28. The topological polar surface area (TPSA) is 93.7 Å². The molecular formula is C11H18N2O5. The lowest BCUT2D eigenvalue weighted by Gasteiger charge is -2.19. The van der Waals surface area contributed by atoms with E-state index in [-0.39, 0.29) is 0 Å². The monoisotopic (exact) mass is 258 g/mol. The number of esters is 1. The molecule has 0 unspecified atom stereocenters. The third kappa shape index (κ3) is 5.03. The molecule has 2 amide bonds. The maximum Gasteiger partial charge on any atom is 0.415 e. The Morgan fingerprint density at radius 3 is 2.61 bits per heavy atom. The number of rotatable bonds is 4. The second-order valence-electron chi connectivity index (χ2n) is 4.98. The second-order valence-corrected chi connectivity index (χ2v) is 4.98. The molecular weight excluding hydrogens is 240 g/mol. The summed E-state index contributed by atoms with van der Waals surface area (Å²) in [5, 5.41) is 4.94. The Morgan fingerprint density at radius 2 is 2.11 bits per heavy atom. The average molecular weight is 258 g/mol. The third-order valence-electron chi connectivity index (χ3n) is 2.11. The van der Waals surface area contributed by atoms with Crippen molar-refractivity contribution in [3.63, 3.8) is 0 Å². The number of cyclic esters (lactones) is 2. The van der Waals surface area contributed by atoms with E-state index >= 15 is 0 Å². The number of nitrogens with one attached hydrogen (secondary N) is 2. The van der Waals surface area contributed by atoms with Gasteiger partial charge in [-0.25, -0.2) is 14.4 Å². The van der Waals surface area contributed by atoms with Gasteiger partial charge in [-0.2, -0.15) is 0 Å². The number of amides is 2. The van der Waals surface area contributed by atoms with Gasteiger partial charge in [-0.15, -0.1) is 0 Å². The van der Waals surface area contributed by atoms with Gasteiger partial charge >= 0.3 is 18.2 Å². The van der Waals surface area contributed by atoms with Crippen LogP contribution >= 0.6 is 0 Å². The van der Waals surface area contributed by atoms with E-state index in [9.17, 15) is 14.4 Å². The number of hydrogen-bond donors (Lipinski definition) is 2. The lowest BCUT2D eigenvalue weighted by molar-refractivity contribution is -0.135. The minimum absolute atomic E-state index is 0.370. The molecule has 2 N–H and O–H groups in total. The summed E-state index contributed by atoms with van der Waals surface area (Å²) >= 11 is 0. The zero-order valence-corrected chi connectivity index (χ0v) is 10.7. The molecule has 0 spiro atoms. The summed E-state index contributed by atoms with van der Waals surface area (Å²) in [6, 6.07) is -0.613. The molecule has 1 atom stereocenters. The quantitative estimate of drug-likeness (QED) is 0.444. The maximum absolute atomic E-state index is 11.3. The Kier molecular flexibility index (Phi) is 4.52. The second kappa shape index (κ2) is 5.70. The van der Waals surface area contributed by atoms with Crippen LogP contribution in [-0.4, -0.2) is 36.3 Å². The Bertz CT molecular complexity index is 348. The van der Waals surface area contributed by atoms with Crippen LogP contribution in [0.4, 0.5) is 9.59 Å². The van der Waals surface area contributed by atoms with Crippen molar-refractivity contribution in [3.05, 3.63) is 0 Å². The third-order valence-corrected chi connectivity index (χ3v) is 2.11. The SMILES string of the molecule is CC(C)(C)OC(=O)NCCC[C@H]1NC(=O)OC1=O. The van der Waals surface area contributed by atoms with Crippen LogP contribution in [-0.2, 0) is 14.3 Å². The summed E-state index contributed by atoms with van der Waals surface area (Å²) in [4.78, 5) is 33.1. The molecule has 0 aliphatic carbocycles. The predicted molar refractivity (Wildman–Crippen MR) is 61.9 cm³/mol. The molecule has 1 saturated heterocycles. The highest BCUT2D eigenvalue weighted by atomic mass is 16.6. The zero-order valence-electron chi connectivity index (χ0n) is 10.7. The van der Waals surface area contributed by atoms with Crippen molar-refractivity contribution in [1.29, 1.82) is 0 Å². The lowest BCUT2D eigenvalue weighted by Crippen LogP contribution is -2.34. The van der Waals surface area contributed by atoms with Gasteiger partial charge in [0.25, 0.3) is 0 Å². The Balaban J connectivity index is 2.14. The van der Waals surface area contributed by atoms with Gasteiger partial charge in [0.05, 0.1) is 0 Å². The van der Waals surface area contributed by atoms with Gasteiger partial charge in [0.1, 0.15) is 11.6 Å². The molecule has 0 aromatic heterocycles. The molecule has 7 heteroatoms. The number of hydrogen-bond acceptors (Lipinski definition) is 5. The summed E-state index contributed by atoms with van der Waals surface area (Å²) in [5.41, 5.74) is -0.534. The van der Waals surface area contributed by atoms with E-state index in [1.807, 2.05) is 0 Å². The van der Waals surface area contributed by atoms with Gasteiger partial charge < -0.3 is 20.1 Å². The van der Waals surface area contributed by atoms with Gasteiger partial charge in [-0.1, -0.05) is 0 Å². The van der Waals surface area contributed by atoms with Gasteiger partial charge in [-0.3, -0.25) is 0 Å².